The van der Waals surface area contributed by atoms with Crippen LogP contribution in [0.1, 0.15) is 34.6 Å². The van der Waals surface area contributed by atoms with Gasteiger partial charge in [0.05, 0.1) is 30.2 Å². The van der Waals surface area contributed by atoms with Crippen LogP contribution in [0, 0.1) is 0 Å². The van der Waals surface area contributed by atoms with Crippen molar-refractivity contribution in [3.05, 3.63) is 29.3 Å². The molecule has 0 saturated carbocycles. The van der Waals surface area contributed by atoms with Gasteiger partial charge in [-0.3, -0.25) is 0 Å². The molecule has 8 heteroatoms. The normalized spacial score (nSPS) is 10.1. The molecule has 0 aliphatic rings. The molecule has 20 heavy (non-hydrogen) atoms. The van der Waals surface area contributed by atoms with Crippen molar-refractivity contribution >= 4 is 31.7 Å². The number of hydrogen-bond donors (Lipinski definition) is 0. The number of rotatable bonds is 3. The summed E-state index contributed by atoms with van der Waals surface area (Å²) >= 11 is 0. The van der Waals surface area contributed by atoms with E-state index in [4.69, 9.17) is 10.7 Å². The van der Waals surface area contributed by atoms with Crippen molar-refractivity contribution in [2.45, 2.75) is 18.7 Å². The molecule has 0 fully saturated rings. The molecule has 0 spiro atoms. The number of esters is 2. The van der Waals surface area contributed by atoms with Gasteiger partial charge in [0.2, 0.25) is 0 Å². The number of ether oxygens (including phenoxy) is 2. The van der Waals surface area contributed by atoms with Crippen LogP contribution in [0.3, 0.4) is 0 Å². The summed E-state index contributed by atoms with van der Waals surface area (Å²) in [5, 5.41) is 0. The van der Waals surface area contributed by atoms with E-state index in [9.17, 15) is 18.0 Å². The first kappa shape index (κ1) is 18.4. The largest absolute Gasteiger partial charge is 0.465 e. The third-order valence-corrected chi connectivity index (χ3v) is 3.43. The fraction of sp³-hybridized carbons (Fsp3) is 0.333. The van der Waals surface area contributed by atoms with Crippen LogP contribution in [0.2, 0.25) is 0 Å². The van der Waals surface area contributed by atoms with E-state index < -0.39 is 21.0 Å². The van der Waals surface area contributed by atoms with Crippen LogP contribution in [0.25, 0.3) is 0 Å². The number of carbonyl (C=O) groups is 2. The Morgan fingerprint density at radius 3 is 1.85 bits per heavy atom. The minimum absolute atomic E-state index is 0.103. The van der Waals surface area contributed by atoms with Crippen LogP contribution in [-0.2, 0) is 18.5 Å². The first-order valence-corrected chi connectivity index (χ1v) is 7.87. The lowest BCUT2D eigenvalue weighted by atomic mass is 10.1. The van der Waals surface area contributed by atoms with Crippen molar-refractivity contribution in [3.8, 4) is 0 Å². The van der Waals surface area contributed by atoms with Crippen molar-refractivity contribution in [1.82, 2.24) is 0 Å². The second-order valence-electron chi connectivity index (χ2n) is 3.13. The quantitative estimate of drug-likeness (QED) is 0.626. The predicted molar refractivity (Wildman–Crippen MR) is 73.5 cm³/mol. The van der Waals surface area contributed by atoms with Crippen molar-refractivity contribution in [2.75, 3.05) is 14.2 Å². The molecule has 0 aromatic heterocycles. The lowest BCUT2D eigenvalue weighted by molar-refractivity contribution is 0.0555. The van der Waals surface area contributed by atoms with Gasteiger partial charge in [0, 0.05) is 10.7 Å². The molecule has 1 rings (SSSR count). The first-order chi connectivity index (χ1) is 9.31. The summed E-state index contributed by atoms with van der Waals surface area (Å²) in [5.74, 6) is -1.65. The van der Waals surface area contributed by atoms with Crippen LogP contribution >= 0.6 is 10.7 Å². The monoisotopic (exact) mass is 322 g/mol. The predicted octanol–water partition coefficient (Wildman–Crippen LogP) is 2.21. The summed E-state index contributed by atoms with van der Waals surface area (Å²) in [7, 11) is 3.38. The second kappa shape index (κ2) is 7.86. The number of carbonyl (C=O) groups excluding carboxylic acids is 2. The van der Waals surface area contributed by atoms with Crippen LogP contribution in [0.4, 0.5) is 0 Å². The number of halogens is 1. The molecular weight excluding hydrogens is 308 g/mol. The van der Waals surface area contributed by atoms with E-state index in [1.807, 2.05) is 13.8 Å². The maximum absolute atomic E-state index is 11.5. The highest BCUT2D eigenvalue weighted by atomic mass is 35.7. The Labute approximate surface area is 122 Å². The molecule has 0 bridgehead atoms. The molecule has 0 aliphatic carbocycles. The Bertz CT molecular complexity index is 594. The van der Waals surface area contributed by atoms with Crippen LogP contribution < -0.4 is 0 Å². The maximum atomic E-state index is 11.5. The molecule has 0 amide bonds. The summed E-state index contributed by atoms with van der Waals surface area (Å²) in [4.78, 5) is 22.6. The van der Waals surface area contributed by atoms with Crippen LogP contribution in [0.5, 0.6) is 0 Å². The highest BCUT2D eigenvalue weighted by Gasteiger charge is 2.21. The summed E-state index contributed by atoms with van der Waals surface area (Å²) in [6.45, 7) is 4.00. The molecule has 1 aromatic carbocycles. The van der Waals surface area contributed by atoms with Gasteiger partial charge < -0.3 is 9.47 Å². The number of benzene rings is 1. The van der Waals surface area contributed by atoms with Crippen LogP contribution in [0.15, 0.2) is 23.1 Å². The molecule has 0 saturated heterocycles. The summed E-state index contributed by atoms with van der Waals surface area (Å²) in [5.41, 5.74) is -0.334. The van der Waals surface area contributed by atoms with E-state index in [-0.39, 0.29) is 16.0 Å². The molecule has 112 valence electrons. The summed E-state index contributed by atoms with van der Waals surface area (Å²) < 4.78 is 31.2. The molecule has 6 nitrogen and oxygen atoms in total. The molecule has 0 N–H and O–H groups in total. The first-order valence-electron chi connectivity index (χ1n) is 5.56. The Kier molecular flexibility index (Phi) is 7.23. The van der Waals surface area contributed by atoms with E-state index >= 15 is 0 Å². The summed E-state index contributed by atoms with van der Waals surface area (Å²) in [6.07, 6.45) is 0. The van der Waals surface area contributed by atoms with Crippen molar-refractivity contribution in [3.63, 3.8) is 0 Å². The summed E-state index contributed by atoms with van der Waals surface area (Å²) in [6, 6.07) is 3.19. The zero-order valence-electron chi connectivity index (χ0n) is 11.5. The van der Waals surface area contributed by atoms with Gasteiger partial charge in [-0.25, -0.2) is 18.0 Å². The minimum atomic E-state index is -4.00. The zero-order chi connectivity index (χ0) is 15.9. The fourth-order valence-corrected chi connectivity index (χ4v) is 2.02. The van der Waals surface area contributed by atoms with Gasteiger partial charge in [0.15, 0.2) is 0 Å². The molecule has 0 aliphatic heterocycles. The zero-order valence-corrected chi connectivity index (χ0v) is 13.0. The molecule has 0 radical (unpaired) electrons. The number of hydrogen-bond acceptors (Lipinski definition) is 6. The average molecular weight is 323 g/mol. The molecule has 0 heterocycles. The Morgan fingerprint density at radius 2 is 1.45 bits per heavy atom. The molecule has 1 aromatic rings. The highest BCUT2D eigenvalue weighted by Crippen LogP contribution is 2.20. The Morgan fingerprint density at radius 1 is 1.00 bits per heavy atom. The van der Waals surface area contributed by atoms with E-state index in [1.54, 1.807) is 0 Å². The van der Waals surface area contributed by atoms with Crippen molar-refractivity contribution < 1.29 is 27.5 Å². The lowest BCUT2D eigenvalue weighted by Crippen LogP contribution is -2.12. The Hall–Kier alpha value is -1.60. The van der Waals surface area contributed by atoms with Crippen molar-refractivity contribution in [1.29, 1.82) is 0 Å². The van der Waals surface area contributed by atoms with Gasteiger partial charge in [0.1, 0.15) is 0 Å². The highest BCUT2D eigenvalue weighted by molar-refractivity contribution is 8.13. The number of methoxy groups -OCH3 is 2. The second-order valence-corrected chi connectivity index (χ2v) is 5.69. The van der Waals surface area contributed by atoms with Gasteiger partial charge >= 0.3 is 11.9 Å². The standard InChI is InChI=1S/C10H9ClO6S.C2H6/c1-16-9(12)7-4-3-6(18(11,14)15)5-8(7)10(13)17-2;1-2/h3-5H,1-2H3;1-2H3. The SMILES string of the molecule is CC.COC(=O)c1ccc(S(=O)(=O)Cl)cc1C(=O)OC. The van der Waals surface area contributed by atoms with Crippen molar-refractivity contribution in [2.24, 2.45) is 0 Å². The minimum Gasteiger partial charge on any atom is -0.465 e. The molecule has 0 atom stereocenters. The van der Waals surface area contributed by atoms with E-state index in [0.29, 0.717) is 0 Å². The average Bonchev–Trinajstić information content (AvgIpc) is 2.46. The topological polar surface area (TPSA) is 86.7 Å². The maximum Gasteiger partial charge on any atom is 0.338 e. The molecular formula is C12H15ClO6S. The van der Waals surface area contributed by atoms with Gasteiger partial charge in [0.25, 0.3) is 9.05 Å². The smallest absolute Gasteiger partial charge is 0.338 e. The van der Waals surface area contributed by atoms with Gasteiger partial charge in [-0.2, -0.15) is 0 Å². The van der Waals surface area contributed by atoms with Gasteiger partial charge in [-0.1, -0.05) is 13.8 Å². The Balaban J connectivity index is 0.00000172. The third kappa shape index (κ3) is 4.50. The molecule has 0 unspecified atom stereocenters. The van der Waals surface area contributed by atoms with Gasteiger partial charge in [-0.05, 0) is 18.2 Å². The van der Waals surface area contributed by atoms with Crippen LogP contribution in [-0.4, -0.2) is 34.6 Å². The third-order valence-electron chi connectivity index (χ3n) is 2.08. The lowest BCUT2D eigenvalue weighted by Gasteiger charge is -2.07. The fourth-order valence-electron chi connectivity index (χ4n) is 1.24. The van der Waals surface area contributed by atoms with E-state index in [1.165, 1.54) is 0 Å². The van der Waals surface area contributed by atoms with E-state index in [2.05, 4.69) is 9.47 Å². The van der Waals surface area contributed by atoms with Gasteiger partial charge in [-0.15, -0.1) is 0 Å². The van der Waals surface area contributed by atoms with E-state index in [0.717, 1.165) is 32.4 Å².